The van der Waals surface area contributed by atoms with E-state index in [0.717, 1.165) is 47.7 Å². The highest BCUT2D eigenvalue weighted by molar-refractivity contribution is 5.88. The summed E-state index contributed by atoms with van der Waals surface area (Å²) in [5.41, 5.74) is 6.20. The van der Waals surface area contributed by atoms with E-state index in [1.54, 1.807) is 0 Å². The van der Waals surface area contributed by atoms with E-state index in [2.05, 4.69) is 27.5 Å². The Labute approximate surface area is 157 Å². The van der Waals surface area contributed by atoms with E-state index in [4.69, 9.17) is 4.98 Å². The van der Waals surface area contributed by atoms with Crippen LogP contribution in [-0.2, 0) is 30.6 Å². The highest BCUT2D eigenvalue weighted by Crippen LogP contribution is 2.22. The molecule has 138 valence electrons. The van der Waals surface area contributed by atoms with Gasteiger partial charge in [-0.3, -0.25) is 9.48 Å². The summed E-state index contributed by atoms with van der Waals surface area (Å²) in [6.45, 7) is 4.26. The molecule has 2 aromatic heterocycles. The normalized spacial score (nSPS) is 12.8. The van der Waals surface area contributed by atoms with E-state index in [9.17, 15) is 4.79 Å². The predicted octanol–water partition coefficient (Wildman–Crippen LogP) is 2.73. The van der Waals surface area contributed by atoms with Crippen molar-refractivity contribution in [2.75, 3.05) is 5.32 Å². The Bertz CT molecular complexity index is 977. The molecule has 3 aromatic rings. The fourth-order valence-corrected chi connectivity index (χ4v) is 3.48. The lowest BCUT2D eigenvalue weighted by molar-refractivity contribution is -0.114. The molecule has 1 N–H and O–H groups in total. The first-order valence-corrected chi connectivity index (χ1v) is 9.22. The van der Waals surface area contributed by atoms with E-state index >= 15 is 0 Å². The maximum atomic E-state index is 11.1. The van der Waals surface area contributed by atoms with Gasteiger partial charge in [0, 0.05) is 42.5 Å². The molecular formula is C20H22N6O. The van der Waals surface area contributed by atoms with Gasteiger partial charge in [0.1, 0.15) is 11.5 Å². The molecule has 7 heteroatoms. The molecule has 0 fully saturated rings. The average molecular weight is 362 g/mol. The van der Waals surface area contributed by atoms with Crippen molar-refractivity contribution >= 4 is 11.6 Å². The zero-order valence-corrected chi connectivity index (χ0v) is 15.6. The number of rotatable bonds is 5. The summed E-state index contributed by atoms with van der Waals surface area (Å²) in [5, 5.41) is 11.2. The van der Waals surface area contributed by atoms with Crippen LogP contribution in [0.2, 0.25) is 0 Å². The summed E-state index contributed by atoms with van der Waals surface area (Å²) >= 11 is 0. The minimum atomic E-state index is -0.0855. The molecule has 0 aliphatic heterocycles. The van der Waals surface area contributed by atoms with Gasteiger partial charge >= 0.3 is 0 Å². The van der Waals surface area contributed by atoms with Gasteiger partial charge in [-0.2, -0.15) is 0 Å². The largest absolute Gasteiger partial charge is 0.326 e. The molecule has 1 aliphatic rings. The molecule has 4 rings (SSSR count). The van der Waals surface area contributed by atoms with Crippen molar-refractivity contribution < 1.29 is 4.79 Å². The van der Waals surface area contributed by atoms with Crippen LogP contribution in [0.3, 0.4) is 0 Å². The minimum absolute atomic E-state index is 0.0855. The highest BCUT2D eigenvalue weighted by Gasteiger charge is 2.17. The number of amides is 1. The molecule has 0 saturated carbocycles. The van der Waals surface area contributed by atoms with Crippen LogP contribution in [0.25, 0.3) is 11.3 Å². The van der Waals surface area contributed by atoms with Crippen molar-refractivity contribution in [1.29, 1.82) is 0 Å². The van der Waals surface area contributed by atoms with Crippen LogP contribution in [0.4, 0.5) is 5.69 Å². The highest BCUT2D eigenvalue weighted by atomic mass is 16.1. The SMILES string of the molecule is CC(=O)Nc1ccc(-c2cn(CCc3nc(C)c4c(n3)CCC4)nn2)cc1. The van der Waals surface area contributed by atoms with Crippen LogP contribution < -0.4 is 5.32 Å². The zero-order valence-electron chi connectivity index (χ0n) is 15.6. The van der Waals surface area contributed by atoms with Gasteiger partial charge in [0.15, 0.2) is 0 Å². The molecule has 1 aliphatic carbocycles. The Morgan fingerprint density at radius 2 is 2.00 bits per heavy atom. The van der Waals surface area contributed by atoms with Crippen molar-refractivity contribution in [3.8, 4) is 11.3 Å². The number of fused-ring (bicyclic) bond motifs is 1. The van der Waals surface area contributed by atoms with Crippen molar-refractivity contribution in [1.82, 2.24) is 25.0 Å². The number of nitrogens with one attached hydrogen (secondary N) is 1. The molecule has 0 unspecified atom stereocenters. The van der Waals surface area contributed by atoms with Crippen molar-refractivity contribution in [2.24, 2.45) is 0 Å². The lowest BCUT2D eigenvalue weighted by atomic mass is 10.1. The van der Waals surface area contributed by atoms with Crippen LogP contribution in [-0.4, -0.2) is 30.9 Å². The number of nitrogens with zero attached hydrogens (tertiary/aromatic N) is 5. The zero-order chi connectivity index (χ0) is 18.8. The van der Waals surface area contributed by atoms with Crippen molar-refractivity contribution in [3.63, 3.8) is 0 Å². The number of anilines is 1. The average Bonchev–Trinajstić information content (AvgIpc) is 3.30. The molecule has 1 amide bonds. The molecule has 2 heterocycles. The van der Waals surface area contributed by atoms with Crippen LogP contribution in [0.15, 0.2) is 30.5 Å². The van der Waals surface area contributed by atoms with Gasteiger partial charge in [-0.25, -0.2) is 9.97 Å². The predicted molar refractivity (Wildman–Crippen MR) is 102 cm³/mol. The quantitative estimate of drug-likeness (QED) is 0.754. The van der Waals surface area contributed by atoms with Gasteiger partial charge < -0.3 is 5.32 Å². The monoisotopic (exact) mass is 362 g/mol. The van der Waals surface area contributed by atoms with Crippen molar-refractivity contribution in [2.45, 2.75) is 46.1 Å². The van der Waals surface area contributed by atoms with Gasteiger partial charge in [0.05, 0.1) is 6.20 Å². The number of carbonyl (C=O) groups is 1. The molecule has 0 spiro atoms. The third-order valence-electron chi connectivity index (χ3n) is 4.79. The van der Waals surface area contributed by atoms with Crippen LogP contribution >= 0.6 is 0 Å². The number of aryl methyl sites for hydroxylation is 4. The number of aromatic nitrogens is 5. The third kappa shape index (κ3) is 3.86. The fourth-order valence-electron chi connectivity index (χ4n) is 3.48. The summed E-state index contributed by atoms with van der Waals surface area (Å²) in [4.78, 5) is 20.5. The summed E-state index contributed by atoms with van der Waals surface area (Å²) in [7, 11) is 0. The van der Waals surface area contributed by atoms with Gasteiger partial charge in [0.2, 0.25) is 5.91 Å². The van der Waals surface area contributed by atoms with Gasteiger partial charge in [0.25, 0.3) is 0 Å². The smallest absolute Gasteiger partial charge is 0.221 e. The molecule has 0 saturated heterocycles. The molecule has 0 radical (unpaired) electrons. The van der Waals surface area contributed by atoms with Crippen LogP contribution in [0.5, 0.6) is 0 Å². The van der Waals surface area contributed by atoms with E-state index in [0.29, 0.717) is 6.54 Å². The maximum absolute atomic E-state index is 11.1. The summed E-state index contributed by atoms with van der Waals surface area (Å²) < 4.78 is 1.82. The number of carbonyl (C=O) groups excluding carboxylic acids is 1. The van der Waals surface area contributed by atoms with E-state index in [1.807, 2.05) is 35.1 Å². The Morgan fingerprint density at radius 3 is 2.78 bits per heavy atom. The Kier molecular flexibility index (Phi) is 4.66. The van der Waals surface area contributed by atoms with Crippen LogP contribution in [0.1, 0.15) is 36.1 Å². The second kappa shape index (κ2) is 7.26. The second-order valence-electron chi connectivity index (χ2n) is 6.88. The molecular weight excluding hydrogens is 340 g/mol. The maximum Gasteiger partial charge on any atom is 0.221 e. The molecule has 0 bridgehead atoms. The molecule has 1 aromatic carbocycles. The summed E-state index contributed by atoms with van der Waals surface area (Å²) in [5.74, 6) is 0.794. The fraction of sp³-hybridized carbons (Fsp3) is 0.350. The van der Waals surface area contributed by atoms with Gasteiger partial charge in [-0.05, 0) is 43.9 Å². The first-order chi connectivity index (χ1) is 13.1. The third-order valence-corrected chi connectivity index (χ3v) is 4.79. The summed E-state index contributed by atoms with van der Waals surface area (Å²) in [6.07, 6.45) is 6.01. The number of hydrogen-bond acceptors (Lipinski definition) is 5. The Balaban J connectivity index is 1.43. The molecule has 0 atom stereocenters. The Hall–Kier alpha value is -3.09. The first kappa shape index (κ1) is 17.3. The minimum Gasteiger partial charge on any atom is -0.326 e. The number of benzene rings is 1. The van der Waals surface area contributed by atoms with E-state index in [1.165, 1.54) is 24.6 Å². The Morgan fingerprint density at radius 1 is 1.19 bits per heavy atom. The topological polar surface area (TPSA) is 85.6 Å². The summed E-state index contributed by atoms with van der Waals surface area (Å²) in [6, 6.07) is 7.56. The molecule has 27 heavy (non-hydrogen) atoms. The molecule has 7 nitrogen and oxygen atoms in total. The lowest BCUT2D eigenvalue weighted by Gasteiger charge is -2.06. The van der Waals surface area contributed by atoms with E-state index < -0.39 is 0 Å². The lowest BCUT2D eigenvalue weighted by Crippen LogP contribution is -2.08. The van der Waals surface area contributed by atoms with Crippen LogP contribution in [0, 0.1) is 6.92 Å². The first-order valence-electron chi connectivity index (χ1n) is 9.22. The number of hydrogen-bond donors (Lipinski definition) is 1. The van der Waals surface area contributed by atoms with E-state index in [-0.39, 0.29) is 5.91 Å². The van der Waals surface area contributed by atoms with Gasteiger partial charge in [-0.1, -0.05) is 17.3 Å². The standard InChI is InChI=1S/C20H22N6O/c1-13-17-4-3-5-18(17)23-20(21-13)10-11-26-12-19(24-25-26)15-6-8-16(9-7-15)22-14(2)27/h6-9,12H,3-5,10-11H2,1-2H3,(H,22,27). The van der Waals surface area contributed by atoms with Crippen molar-refractivity contribution in [3.05, 3.63) is 53.2 Å². The van der Waals surface area contributed by atoms with Gasteiger partial charge in [-0.15, -0.1) is 5.10 Å². The second-order valence-corrected chi connectivity index (χ2v) is 6.88.